The summed E-state index contributed by atoms with van der Waals surface area (Å²) in [6, 6.07) is 15.1. The average molecular weight is 421 g/mol. The van der Waals surface area contributed by atoms with E-state index in [9.17, 15) is 0 Å². The van der Waals surface area contributed by atoms with Crippen LogP contribution in [0.3, 0.4) is 0 Å². The Balaban J connectivity index is 1.89. The van der Waals surface area contributed by atoms with Gasteiger partial charge in [-0.05, 0) is 6.54 Å². The summed E-state index contributed by atoms with van der Waals surface area (Å²) in [5.41, 5.74) is 7.69. The number of ether oxygens (including phenoxy) is 1. The molecule has 5 nitrogen and oxygen atoms in total. The van der Waals surface area contributed by atoms with Crippen molar-refractivity contribution in [2.24, 2.45) is 5.73 Å². The number of nitrogens with zero attached hydrogens (tertiary/aromatic N) is 2. The fraction of sp³-hybridized carbons (Fsp3) is 0.176. The second kappa shape index (κ2) is 8.99. The molecule has 0 fully saturated rings. The van der Waals surface area contributed by atoms with Crippen LogP contribution in [0, 0.1) is 18.7 Å². The number of hydrogen-bond donors (Lipinski definition) is 1. The van der Waals surface area contributed by atoms with Crippen molar-refractivity contribution in [3.63, 3.8) is 0 Å². The van der Waals surface area contributed by atoms with Crippen LogP contribution in [0.4, 0.5) is 0 Å². The molecule has 2 aromatic carbocycles. The van der Waals surface area contributed by atoms with Crippen molar-refractivity contribution in [1.82, 2.24) is 0 Å². The van der Waals surface area contributed by atoms with Crippen LogP contribution in [0.25, 0.3) is 0 Å². The topological polar surface area (TPSA) is 92.1 Å². The minimum atomic E-state index is -2.61. The normalized spacial score (nSPS) is 10.3. The van der Waals surface area contributed by atoms with E-state index in [1.54, 1.807) is 12.1 Å². The first-order valence-corrected chi connectivity index (χ1v) is 9.97. The molecular weight excluding hydrogens is 405 g/mol. The van der Waals surface area contributed by atoms with Crippen LogP contribution in [0.2, 0.25) is 0 Å². The number of rotatable bonds is 7. The first kappa shape index (κ1) is 17.1. The molecule has 0 radical (unpaired) electrons. The Bertz CT molecular complexity index is 689. The third-order valence-corrected chi connectivity index (χ3v) is 4.83. The standard InChI is InChI=1S/C17H16IN3O2/c19-10-9-14-1-5-16(6-2-14)22-11-15-3-7-17(8-4-15)23-18(12-20)13-21/h1-8H,9-11,19H2. The summed E-state index contributed by atoms with van der Waals surface area (Å²) in [6.07, 6.45) is 0.859. The van der Waals surface area contributed by atoms with E-state index in [1.165, 1.54) is 5.56 Å². The van der Waals surface area contributed by atoms with Gasteiger partial charge in [0.15, 0.2) is 0 Å². The van der Waals surface area contributed by atoms with Crippen LogP contribution >= 0.6 is 20.2 Å². The van der Waals surface area contributed by atoms with E-state index in [-0.39, 0.29) is 0 Å². The number of nitriles is 2. The third kappa shape index (κ3) is 5.44. The first-order chi connectivity index (χ1) is 11.2. The van der Waals surface area contributed by atoms with E-state index >= 15 is 0 Å². The van der Waals surface area contributed by atoms with Gasteiger partial charge in [0.25, 0.3) is 0 Å². The quantitative estimate of drug-likeness (QED) is 0.691. The maximum absolute atomic E-state index is 8.75. The molecule has 0 spiro atoms. The van der Waals surface area contributed by atoms with Crippen LogP contribution in [-0.2, 0) is 13.0 Å². The van der Waals surface area contributed by atoms with Crippen LogP contribution < -0.4 is 13.5 Å². The summed E-state index contributed by atoms with van der Waals surface area (Å²) in [4.78, 5) is 0. The van der Waals surface area contributed by atoms with Gasteiger partial charge in [-0.15, -0.1) is 0 Å². The summed E-state index contributed by atoms with van der Waals surface area (Å²) >= 11 is -2.61. The van der Waals surface area contributed by atoms with Gasteiger partial charge in [-0.1, -0.05) is 0 Å². The Morgan fingerprint density at radius 3 is 2.00 bits per heavy atom. The summed E-state index contributed by atoms with van der Waals surface area (Å²) in [5.74, 6) is 1.35. The van der Waals surface area contributed by atoms with Crippen molar-refractivity contribution in [1.29, 1.82) is 10.5 Å². The third-order valence-electron chi connectivity index (χ3n) is 3.00. The maximum atomic E-state index is 8.75. The van der Waals surface area contributed by atoms with Gasteiger partial charge in [0.05, 0.1) is 0 Å². The van der Waals surface area contributed by atoms with Crippen LogP contribution in [-0.4, -0.2) is 6.54 Å². The summed E-state index contributed by atoms with van der Waals surface area (Å²) in [5, 5.41) is 17.5. The van der Waals surface area contributed by atoms with E-state index in [0.717, 1.165) is 17.7 Å². The Morgan fingerprint density at radius 2 is 1.43 bits per heavy atom. The zero-order chi connectivity index (χ0) is 16.5. The Morgan fingerprint density at radius 1 is 0.870 bits per heavy atom. The van der Waals surface area contributed by atoms with Crippen molar-refractivity contribution in [2.45, 2.75) is 13.0 Å². The van der Waals surface area contributed by atoms with Crippen molar-refractivity contribution in [3.8, 4) is 19.7 Å². The van der Waals surface area contributed by atoms with Crippen molar-refractivity contribution in [3.05, 3.63) is 59.7 Å². The Hall–Kier alpha value is -2.29. The molecule has 2 rings (SSSR count). The molecule has 0 atom stereocenters. The van der Waals surface area contributed by atoms with Crippen LogP contribution in [0.5, 0.6) is 11.5 Å². The van der Waals surface area contributed by atoms with Gasteiger partial charge >= 0.3 is 131 Å². The Kier molecular flexibility index (Phi) is 6.67. The molecule has 0 aliphatic heterocycles. The monoisotopic (exact) mass is 421 g/mol. The fourth-order valence-corrected chi connectivity index (χ4v) is 2.97. The van der Waals surface area contributed by atoms with Gasteiger partial charge in [0.2, 0.25) is 0 Å². The van der Waals surface area contributed by atoms with Gasteiger partial charge in [-0.3, -0.25) is 0 Å². The average Bonchev–Trinajstić information content (AvgIpc) is 2.60. The molecule has 0 bridgehead atoms. The van der Waals surface area contributed by atoms with Crippen molar-refractivity contribution < 1.29 is 7.80 Å². The molecule has 0 aliphatic rings. The molecule has 0 saturated carbocycles. The molecule has 0 unspecified atom stereocenters. The van der Waals surface area contributed by atoms with E-state index < -0.39 is 20.2 Å². The second-order valence-corrected chi connectivity index (χ2v) is 7.44. The molecule has 2 N–H and O–H groups in total. The number of benzene rings is 2. The van der Waals surface area contributed by atoms with Crippen LogP contribution in [0.15, 0.2) is 48.5 Å². The van der Waals surface area contributed by atoms with Crippen molar-refractivity contribution >= 4 is 20.2 Å². The van der Waals surface area contributed by atoms with Gasteiger partial charge in [0.1, 0.15) is 0 Å². The van der Waals surface area contributed by atoms with Gasteiger partial charge in [-0.2, -0.15) is 0 Å². The molecular formula is C17H16IN3O2. The van der Waals surface area contributed by atoms with E-state index in [4.69, 9.17) is 24.1 Å². The number of nitrogens with two attached hydrogens (primary N) is 1. The SMILES string of the molecule is N#CI(C#N)Oc1ccc(COc2ccc(CCN)cc2)cc1. The molecule has 23 heavy (non-hydrogen) atoms. The molecule has 0 amide bonds. The van der Waals surface area contributed by atoms with Gasteiger partial charge in [0, 0.05) is 0 Å². The fourth-order valence-electron chi connectivity index (χ4n) is 1.87. The molecule has 0 saturated heterocycles. The zero-order valence-corrected chi connectivity index (χ0v) is 14.6. The number of halogens is 1. The van der Waals surface area contributed by atoms with E-state index in [1.807, 2.05) is 44.6 Å². The summed E-state index contributed by atoms with van der Waals surface area (Å²) in [7, 11) is 0. The molecule has 6 heteroatoms. The zero-order valence-electron chi connectivity index (χ0n) is 12.4. The molecule has 0 heterocycles. The van der Waals surface area contributed by atoms with Gasteiger partial charge in [-0.25, -0.2) is 0 Å². The second-order valence-electron chi connectivity index (χ2n) is 4.61. The number of hydrogen-bond acceptors (Lipinski definition) is 5. The predicted octanol–water partition coefficient (Wildman–Crippen LogP) is 3.53. The molecule has 118 valence electrons. The minimum absolute atomic E-state index is 0.440. The molecule has 0 aromatic heterocycles. The first-order valence-electron chi connectivity index (χ1n) is 6.93. The summed E-state index contributed by atoms with van der Waals surface area (Å²) in [6.45, 7) is 1.08. The predicted molar refractivity (Wildman–Crippen MR) is 95.8 cm³/mol. The van der Waals surface area contributed by atoms with Crippen LogP contribution in [0.1, 0.15) is 11.1 Å². The Labute approximate surface area is 143 Å². The van der Waals surface area contributed by atoms with Gasteiger partial charge < -0.3 is 5.73 Å². The van der Waals surface area contributed by atoms with Crippen molar-refractivity contribution in [2.75, 3.05) is 6.54 Å². The molecule has 0 aliphatic carbocycles. The summed E-state index contributed by atoms with van der Waals surface area (Å²) < 4.78 is 14.9. The van der Waals surface area contributed by atoms with E-state index in [2.05, 4.69) is 0 Å². The molecule has 2 aromatic rings. The van der Waals surface area contributed by atoms with E-state index in [0.29, 0.717) is 18.9 Å².